The molecule has 0 aliphatic rings. The molecule has 2 aromatic carbocycles. The number of hydrogen-bond acceptors (Lipinski definition) is 2. The van der Waals surface area contributed by atoms with E-state index < -0.39 is 6.10 Å². The first kappa shape index (κ1) is 15.0. The number of ether oxygens (including phenoxy) is 1. The molecule has 0 aliphatic heterocycles. The number of rotatable bonds is 3. The Morgan fingerprint density at radius 3 is 2.45 bits per heavy atom. The number of hydrogen-bond donors (Lipinski definition) is 1. The predicted molar refractivity (Wildman–Crippen MR) is 80.7 cm³/mol. The van der Waals surface area contributed by atoms with Crippen LogP contribution in [0.4, 0.5) is 4.39 Å². The zero-order valence-corrected chi connectivity index (χ0v) is 13.2. The minimum atomic E-state index is -0.795. The maximum Gasteiger partial charge on any atom is 0.133 e. The van der Waals surface area contributed by atoms with Crippen molar-refractivity contribution >= 4 is 15.9 Å². The van der Waals surface area contributed by atoms with Gasteiger partial charge in [0, 0.05) is 10.0 Å². The second-order valence-electron chi connectivity index (χ2n) is 4.83. The molecule has 0 aromatic heterocycles. The number of benzene rings is 2. The first-order valence-electron chi connectivity index (χ1n) is 6.30. The van der Waals surface area contributed by atoms with Crippen molar-refractivity contribution in [3.8, 4) is 11.5 Å². The van der Waals surface area contributed by atoms with E-state index >= 15 is 0 Å². The van der Waals surface area contributed by atoms with Crippen molar-refractivity contribution in [1.29, 1.82) is 0 Å². The van der Waals surface area contributed by atoms with Crippen LogP contribution in [0, 0.1) is 19.7 Å². The Kier molecular flexibility index (Phi) is 4.45. The molecule has 20 heavy (non-hydrogen) atoms. The minimum Gasteiger partial charge on any atom is -0.457 e. The predicted octanol–water partition coefficient (Wildman–Crippen LogP) is 5.05. The first-order valence-corrected chi connectivity index (χ1v) is 7.10. The van der Waals surface area contributed by atoms with Gasteiger partial charge in [-0.2, -0.15) is 0 Å². The Morgan fingerprint density at radius 1 is 1.15 bits per heavy atom. The summed E-state index contributed by atoms with van der Waals surface area (Å²) in [6, 6.07) is 8.52. The van der Waals surface area contributed by atoms with Gasteiger partial charge in [0.2, 0.25) is 0 Å². The molecule has 0 amide bonds. The second kappa shape index (κ2) is 5.94. The third kappa shape index (κ3) is 3.19. The molecule has 1 unspecified atom stereocenters. The number of aliphatic hydroxyl groups excluding tert-OH is 1. The van der Waals surface area contributed by atoms with Crippen LogP contribution >= 0.6 is 15.9 Å². The van der Waals surface area contributed by atoms with Crippen molar-refractivity contribution in [2.45, 2.75) is 26.9 Å². The van der Waals surface area contributed by atoms with E-state index in [0.717, 1.165) is 10.0 Å². The molecule has 0 aliphatic carbocycles. The molecule has 4 heteroatoms. The molecule has 0 fully saturated rings. The summed E-state index contributed by atoms with van der Waals surface area (Å²) in [5, 5.41) is 9.74. The summed E-state index contributed by atoms with van der Waals surface area (Å²) in [5.41, 5.74) is 1.96. The van der Waals surface area contributed by atoms with Gasteiger partial charge in [-0.25, -0.2) is 4.39 Å². The van der Waals surface area contributed by atoms with Gasteiger partial charge in [0.05, 0.1) is 6.10 Å². The first-order chi connectivity index (χ1) is 9.38. The molecule has 2 nitrogen and oxygen atoms in total. The van der Waals surface area contributed by atoms with Crippen LogP contribution in [0.25, 0.3) is 0 Å². The molecule has 0 heterocycles. The second-order valence-corrected chi connectivity index (χ2v) is 5.68. The topological polar surface area (TPSA) is 29.5 Å². The largest absolute Gasteiger partial charge is 0.457 e. The highest BCUT2D eigenvalue weighted by Gasteiger charge is 2.14. The van der Waals surface area contributed by atoms with Gasteiger partial charge in [-0.3, -0.25) is 0 Å². The molecule has 0 saturated carbocycles. The Hall–Kier alpha value is -1.39. The highest BCUT2D eigenvalue weighted by molar-refractivity contribution is 9.10. The average Bonchev–Trinajstić information content (AvgIpc) is 2.37. The van der Waals surface area contributed by atoms with Gasteiger partial charge in [0.25, 0.3) is 0 Å². The molecule has 0 bridgehead atoms. The van der Waals surface area contributed by atoms with E-state index in [9.17, 15) is 9.50 Å². The van der Waals surface area contributed by atoms with Crippen molar-refractivity contribution in [2.24, 2.45) is 0 Å². The maximum atomic E-state index is 13.6. The van der Waals surface area contributed by atoms with Crippen LogP contribution in [0.3, 0.4) is 0 Å². The van der Waals surface area contributed by atoms with E-state index in [-0.39, 0.29) is 5.82 Å². The Bertz CT molecular complexity index is 639. The normalized spacial score (nSPS) is 12.3. The Labute approximate surface area is 126 Å². The van der Waals surface area contributed by atoms with E-state index in [1.807, 2.05) is 25.1 Å². The molecular weight excluding hydrogens is 323 g/mol. The molecule has 2 aromatic rings. The summed E-state index contributed by atoms with van der Waals surface area (Å²) in [6.07, 6.45) is -0.795. The van der Waals surface area contributed by atoms with E-state index in [1.165, 1.54) is 6.07 Å². The standard InChI is InChI=1S/C16H16BrFO2/c1-9-6-12(4-5-14(9)17)20-16-7-10(2)15(18)8-13(16)11(3)19/h4-8,11,19H,1-3H3. The van der Waals surface area contributed by atoms with E-state index in [4.69, 9.17) is 4.74 Å². The Balaban J connectivity index is 2.41. The Morgan fingerprint density at radius 2 is 1.85 bits per heavy atom. The fourth-order valence-electron chi connectivity index (χ4n) is 1.89. The molecule has 106 valence electrons. The van der Waals surface area contributed by atoms with Crippen molar-refractivity contribution in [3.63, 3.8) is 0 Å². The van der Waals surface area contributed by atoms with E-state index in [0.29, 0.717) is 22.6 Å². The third-order valence-electron chi connectivity index (χ3n) is 3.10. The lowest BCUT2D eigenvalue weighted by molar-refractivity contribution is 0.195. The molecule has 2 rings (SSSR count). The molecule has 0 saturated heterocycles. The van der Waals surface area contributed by atoms with Crippen LogP contribution in [-0.4, -0.2) is 5.11 Å². The highest BCUT2D eigenvalue weighted by Crippen LogP contribution is 2.33. The van der Waals surface area contributed by atoms with Gasteiger partial charge in [0.1, 0.15) is 17.3 Å². The molecular formula is C16H16BrFO2. The van der Waals surface area contributed by atoms with Crippen LogP contribution in [0.2, 0.25) is 0 Å². The minimum absolute atomic E-state index is 0.347. The fourth-order valence-corrected chi connectivity index (χ4v) is 2.14. The van der Waals surface area contributed by atoms with Crippen molar-refractivity contribution in [1.82, 2.24) is 0 Å². The van der Waals surface area contributed by atoms with Gasteiger partial charge in [-0.15, -0.1) is 0 Å². The summed E-state index contributed by atoms with van der Waals surface area (Å²) in [7, 11) is 0. The fraction of sp³-hybridized carbons (Fsp3) is 0.250. The summed E-state index contributed by atoms with van der Waals surface area (Å²) in [4.78, 5) is 0. The highest BCUT2D eigenvalue weighted by atomic mass is 79.9. The molecule has 0 radical (unpaired) electrons. The van der Waals surface area contributed by atoms with Gasteiger partial charge in [-0.05, 0) is 62.2 Å². The van der Waals surface area contributed by atoms with E-state index in [2.05, 4.69) is 15.9 Å². The van der Waals surface area contributed by atoms with Crippen molar-refractivity contribution in [2.75, 3.05) is 0 Å². The van der Waals surface area contributed by atoms with Gasteiger partial charge in [-0.1, -0.05) is 15.9 Å². The van der Waals surface area contributed by atoms with Gasteiger partial charge in [0.15, 0.2) is 0 Å². The summed E-state index contributed by atoms with van der Waals surface area (Å²) in [6.45, 7) is 5.22. The zero-order chi connectivity index (χ0) is 14.9. The summed E-state index contributed by atoms with van der Waals surface area (Å²) < 4.78 is 20.4. The molecule has 0 spiro atoms. The van der Waals surface area contributed by atoms with E-state index in [1.54, 1.807) is 19.9 Å². The number of halogens is 2. The SMILES string of the molecule is Cc1cc(Oc2ccc(Br)c(C)c2)c(C(C)O)cc1F. The average molecular weight is 339 g/mol. The molecule has 1 N–H and O–H groups in total. The smallest absolute Gasteiger partial charge is 0.133 e. The molecule has 1 atom stereocenters. The van der Waals surface area contributed by atoms with Crippen LogP contribution in [0.5, 0.6) is 11.5 Å². The zero-order valence-electron chi connectivity index (χ0n) is 11.6. The lowest BCUT2D eigenvalue weighted by Gasteiger charge is -2.15. The van der Waals surface area contributed by atoms with Crippen LogP contribution in [-0.2, 0) is 0 Å². The maximum absolute atomic E-state index is 13.6. The number of aliphatic hydroxyl groups is 1. The summed E-state index contributed by atoms with van der Waals surface area (Å²) in [5.74, 6) is 0.777. The lowest BCUT2D eigenvalue weighted by atomic mass is 10.1. The third-order valence-corrected chi connectivity index (χ3v) is 3.99. The van der Waals surface area contributed by atoms with Crippen molar-refractivity contribution < 1.29 is 14.2 Å². The van der Waals surface area contributed by atoms with Crippen LogP contribution in [0.15, 0.2) is 34.8 Å². The van der Waals surface area contributed by atoms with Crippen molar-refractivity contribution in [3.05, 3.63) is 57.3 Å². The lowest BCUT2D eigenvalue weighted by Crippen LogP contribution is -1.99. The van der Waals surface area contributed by atoms with Gasteiger partial charge >= 0.3 is 0 Å². The summed E-state index contributed by atoms with van der Waals surface area (Å²) >= 11 is 3.43. The van der Waals surface area contributed by atoms with Crippen LogP contribution < -0.4 is 4.74 Å². The number of aryl methyl sites for hydroxylation is 2. The van der Waals surface area contributed by atoms with Gasteiger partial charge < -0.3 is 9.84 Å². The van der Waals surface area contributed by atoms with Crippen LogP contribution in [0.1, 0.15) is 29.7 Å². The quantitative estimate of drug-likeness (QED) is 0.848. The monoisotopic (exact) mass is 338 g/mol.